The maximum absolute atomic E-state index is 13.6. The van der Waals surface area contributed by atoms with Crippen LogP contribution in [0.1, 0.15) is 36.7 Å². The van der Waals surface area contributed by atoms with Crippen LogP contribution in [-0.4, -0.2) is 17.0 Å². The number of hydrogen-bond donors (Lipinski definition) is 1. The molecule has 0 fully saturated rings. The smallest absolute Gasteiger partial charge is 0.416 e. The van der Waals surface area contributed by atoms with Gasteiger partial charge in [-0.2, -0.15) is 13.2 Å². The van der Waals surface area contributed by atoms with Gasteiger partial charge in [0.15, 0.2) is 0 Å². The van der Waals surface area contributed by atoms with Gasteiger partial charge in [-0.1, -0.05) is 60.2 Å². The standard InChI is InChI=1S/C27H20F3NO3S/c1-17-10-12-20(13-11-17)25(32)31(16-18-6-5-9-21(14-18)27(28,29)30)22-15-23(35-24(22)26(33)34)19-7-3-2-4-8-19/h2-15H,16H2,1H3,(H,33,34). The number of carboxylic acid groups (broad SMARTS) is 1. The van der Waals surface area contributed by atoms with Crippen molar-refractivity contribution < 1.29 is 27.9 Å². The number of benzene rings is 3. The van der Waals surface area contributed by atoms with Crippen LogP contribution in [0.5, 0.6) is 0 Å². The van der Waals surface area contributed by atoms with Crippen molar-refractivity contribution in [2.45, 2.75) is 19.6 Å². The number of alkyl halides is 3. The third-order valence-corrected chi connectivity index (χ3v) is 6.56. The maximum Gasteiger partial charge on any atom is 0.416 e. The van der Waals surface area contributed by atoms with Crippen molar-refractivity contribution in [2.24, 2.45) is 0 Å². The van der Waals surface area contributed by atoms with E-state index >= 15 is 0 Å². The first-order chi connectivity index (χ1) is 16.6. The summed E-state index contributed by atoms with van der Waals surface area (Å²) in [6, 6.07) is 22.1. The monoisotopic (exact) mass is 495 g/mol. The third kappa shape index (κ3) is 5.44. The molecule has 1 heterocycles. The molecule has 0 aliphatic heterocycles. The molecule has 0 aliphatic rings. The Balaban J connectivity index is 1.83. The average Bonchev–Trinajstić information content (AvgIpc) is 3.28. The van der Waals surface area contributed by atoms with Crippen LogP contribution in [0.15, 0.2) is 84.9 Å². The van der Waals surface area contributed by atoms with E-state index in [2.05, 4.69) is 0 Å². The van der Waals surface area contributed by atoms with Crippen molar-refractivity contribution in [1.82, 2.24) is 0 Å². The van der Waals surface area contributed by atoms with Gasteiger partial charge in [-0.3, -0.25) is 4.79 Å². The molecule has 0 bridgehead atoms. The lowest BCUT2D eigenvalue weighted by Crippen LogP contribution is -2.31. The quantitative estimate of drug-likeness (QED) is 0.306. The number of carboxylic acids is 1. The van der Waals surface area contributed by atoms with Gasteiger partial charge in [0.2, 0.25) is 0 Å². The Labute approximate surface area is 203 Å². The fourth-order valence-electron chi connectivity index (χ4n) is 3.63. The number of halogens is 3. The van der Waals surface area contributed by atoms with Crippen molar-refractivity contribution in [3.05, 3.63) is 112 Å². The van der Waals surface area contributed by atoms with Crippen LogP contribution in [-0.2, 0) is 12.7 Å². The molecule has 8 heteroatoms. The molecule has 178 valence electrons. The van der Waals surface area contributed by atoms with E-state index in [1.165, 1.54) is 17.0 Å². The highest BCUT2D eigenvalue weighted by Crippen LogP contribution is 2.38. The minimum atomic E-state index is -4.54. The number of aromatic carboxylic acids is 1. The molecule has 4 nitrogen and oxygen atoms in total. The van der Waals surface area contributed by atoms with Crippen molar-refractivity contribution in [3.8, 4) is 10.4 Å². The number of aryl methyl sites for hydroxylation is 1. The summed E-state index contributed by atoms with van der Waals surface area (Å²) in [5.41, 5.74) is 1.51. The lowest BCUT2D eigenvalue weighted by atomic mass is 10.1. The van der Waals surface area contributed by atoms with Gasteiger partial charge in [-0.25, -0.2) is 4.79 Å². The zero-order valence-corrected chi connectivity index (χ0v) is 19.4. The highest BCUT2D eigenvalue weighted by atomic mass is 32.1. The van der Waals surface area contributed by atoms with E-state index in [1.807, 2.05) is 37.3 Å². The zero-order valence-electron chi connectivity index (χ0n) is 18.5. The molecule has 1 aromatic heterocycles. The lowest BCUT2D eigenvalue weighted by Gasteiger charge is -2.23. The average molecular weight is 496 g/mol. The summed E-state index contributed by atoms with van der Waals surface area (Å²) in [6.45, 7) is 1.63. The summed E-state index contributed by atoms with van der Waals surface area (Å²) in [5.74, 6) is -1.74. The second-order valence-corrected chi connectivity index (χ2v) is 9.00. The Morgan fingerprint density at radius 3 is 2.23 bits per heavy atom. The van der Waals surface area contributed by atoms with Crippen molar-refractivity contribution in [1.29, 1.82) is 0 Å². The minimum absolute atomic E-state index is 0.0729. The summed E-state index contributed by atoms with van der Waals surface area (Å²) in [6.07, 6.45) is -4.54. The molecule has 1 amide bonds. The van der Waals surface area contributed by atoms with E-state index in [0.29, 0.717) is 10.4 Å². The molecular formula is C27H20F3NO3S. The first-order valence-electron chi connectivity index (χ1n) is 10.6. The SMILES string of the molecule is Cc1ccc(C(=O)N(Cc2cccc(C(F)(F)F)c2)c2cc(-c3ccccc3)sc2C(=O)O)cc1. The Bertz CT molecular complexity index is 1360. The predicted molar refractivity (Wildman–Crippen MR) is 130 cm³/mol. The van der Waals surface area contributed by atoms with E-state index in [4.69, 9.17) is 0 Å². The molecule has 0 saturated carbocycles. The van der Waals surface area contributed by atoms with Gasteiger partial charge in [0.05, 0.1) is 17.8 Å². The number of amides is 1. The first kappa shape index (κ1) is 24.2. The molecule has 4 rings (SSSR count). The van der Waals surface area contributed by atoms with Gasteiger partial charge in [0, 0.05) is 10.4 Å². The fourth-order valence-corrected chi connectivity index (χ4v) is 4.63. The summed E-state index contributed by atoms with van der Waals surface area (Å²) in [7, 11) is 0. The fraction of sp³-hybridized carbons (Fsp3) is 0.111. The molecule has 0 unspecified atom stereocenters. The molecule has 3 aromatic carbocycles. The summed E-state index contributed by atoms with van der Waals surface area (Å²) < 4.78 is 39.9. The number of carbonyl (C=O) groups excluding carboxylic acids is 1. The Morgan fingerprint density at radius 1 is 0.914 bits per heavy atom. The number of nitrogens with zero attached hydrogens (tertiary/aromatic N) is 1. The minimum Gasteiger partial charge on any atom is -0.477 e. The topological polar surface area (TPSA) is 57.6 Å². The first-order valence-corrected chi connectivity index (χ1v) is 11.4. The predicted octanol–water partition coefficient (Wildman–Crippen LogP) is 7.29. The number of carbonyl (C=O) groups is 2. The maximum atomic E-state index is 13.6. The van der Waals surface area contributed by atoms with Gasteiger partial charge in [-0.05, 0) is 48.4 Å². The molecule has 0 spiro atoms. The van der Waals surface area contributed by atoms with E-state index < -0.39 is 23.6 Å². The van der Waals surface area contributed by atoms with Crippen LogP contribution in [0.4, 0.5) is 18.9 Å². The van der Waals surface area contributed by atoms with Crippen molar-refractivity contribution >= 4 is 28.9 Å². The van der Waals surface area contributed by atoms with Crippen molar-refractivity contribution in [3.63, 3.8) is 0 Å². The largest absolute Gasteiger partial charge is 0.477 e. The van der Waals surface area contributed by atoms with Crippen LogP contribution in [0.2, 0.25) is 0 Å². The molecule has 35 heavy (non-hydrogen) atoms. The molecule has 0 aliphatic carbocycles. The Hall–Kier alpha value is -3.91. The van der Waals surface area contributed by atoms with Gasteiger partial charge in [0.1, 0.15) is 4.88 Å². The number of rotatable bonds is 6. The van der Waals surface area contributed by atoms with Gasteiger partial charge in [-0.15, -0.1) is 11.3 Å². The van der Waals surface area contributed by atoms with E-state index in [9.17, 15) is 27.9 Å². The summed E-state index contributed by atoms with van der Waals surface area (Å²) >= 11 is 1.01. The van der Waals surface area contributed by atoms with E-state index in [1.54, 1.807) is 30.3 Å². The third-order valence-electron chi connectivity index (χ3n) is 5.39. The highest BCUT2D eigenvalue weighted by Gasteiger charge is 2.31. The zero-order chi connectivity index (χ0) is 25.2. The van der Waals surface area contributed by atoms with E-state index in [0.717, 1.165) is 34.6 Å². The number of anilines is 1. The molecule has 1 N–H and O–H groups in total. The highest BCUT2D eigenvalue weighted by molar-refractivity contribution is 7.18. The molecule has 0 saturated heterocycles. The molecule has 0 radical (unpaired) electrons. The van der Waals surface area contributed by atoms with Gasteiger partial charge < -0.3 is 10.0 Å². The lowest BCUT2D eigenvalue weighted by molar-refractivity contribution is -0.137. The van der Waals surface area contributed by atoms with Gasteiger partial charge in [0.25, 0.3) is 5.91 Å². The van der Waals surface area contributed by atoms with Crippen LogP contribution < -0.4 is 4.90 Å². The second-order valence-electron chi connectivity index (χ2n) is 7.95. The van der Waals surface area contributed by atoms with Gasteiger partial charge >= 0.3 is 12.1 Å². The van der Waals surface area contributed by atoms with E-state index in [-0.39, 0.29) is 22.7 Å². The van der Waals surface area contributed by atoms with Crippen LogP contribution in [0, 0.1) is 6.92 Å². The number of hydrogen-bond acceptors (Lipinski definition) is 3. The Morgan fingerprint density at radius 2 is 1.60 bits per heavy atom. The number of thiophene rings is 1. The summed E-state index contributed by atoms with van der Waals surface area (Å²) in [5, 5.41) is 9.90. The van der Waals surface area contributed by atoms with Crippen LogP contribution in [0.25, 0.3) is 10.4 Å². The second kappa shape index (κ2) is 9.76. The van der Waals surface area contributed by atoms with Crippen LogP contribution in [0.3, 0.4) is 0 Å². The normalized spacial score (nSPS) is 11.3. The summed E-state index contributed by atoms with van der Waals surface area (Å²) in [4.78, 5) is 27.5. The molecular weight excluding hydrogens is 475 g/mol. The molecule has 4 aromatic rings. The van der Waals surface area contributed by atoms with Crippen LogP contribution >= 0.6 is 11.3 Å². The molecule has 0 atom stereocenters. The Kier molecular flexibility index (Phi) is 6.75. The van der Waals surface area contributed by atoms with Crippen molar-refractivity contribution in [2.75, 3.05) is 4.90 Å².